The van der Waals surface area contributed by atoms with Crippen molar-refractivity contribution < 1.29 is 5.11 Å². The van der Waals surface area contributed by atoms with Crippen LogP contribution in [-0.2, 0) is 12.2 Å². The molecule has 26 heavy (non-hydrogen) atoms. The monoisotopic (exact) mass is 352 g/mol. The van der Waals surface area contributed by atoms with Gasteiger partial charge in [0.15, 0.2) is 0 Å². The first-order valence-corrected chi connectivity index (χ1v) is 9.73. The number of benzene rings is 1. The van der Waals surface area contributed by atoms with Gasteiger partial charge in [0, 0.05) is 41.5 Å². The van der Waals surface area contributed by atoms with E-state index in [0.717, 1.165) is 12.6 Å². The molecule has 1 fully saturated rings. The van der Waals surface area contributed by atoms with E-state index in [4.69, 9.17) is 10.1 Å². The van der Waals surface area contributed by atoms with Gasteiger partial charge in [0.25, 0.3) is 0 Å². The minimum Gasteiger partial charge on any atom is -0.356 e. The molecule has 139 valence electrons. The predicted molar refractivity (Wildman–Crippen MR) is 108 cm³/mol. The SMILES string of the molecule is CCCCN1CCC(c2nc3ccccc3c3cn(C)cc23)CC1.C[O]. The van der Waals surface area contributed by atoms with Crippen LogP contribution in [0.1, 0.15) is 44.2 Å². The second kappa shape index (κ2) is 8.65. The average molecular weight is 353 g/mol. The van der Waals surface area contributed by atoms with Crippen LogP contribution >= 0.6 is 0 Å². The van der Waals surface area contributed by atoms with Crippen LogP contribution in [0.2, 0.25) is 0 Å². The lowest BCUT2D eigenvalue weighted by molar-refractivity contribution is 0.209. The van der Waals surface area contributed by atoms with Gasteiger partial charge in [0.05, 0.1) is 18.3 Å². The summed E-state index contributed by atoms with van der Waals surface area (Å²) in [6.45, 7) is 5.97. The molecule has 1 aliphatic heterocycles. The summed E-state index contributed by atoms with van der Waals surface area (Å²) in [6, 6.07) is 8.56. The Labute approximate surface area is 156 Å². The van der Waals surface area contributed by atoms with E-state index in [1.165, 1.54) is 67.2 Å². The van der Waals surface area contributed by atoms with Crippen LogP contribution in [0.25, 0.3) is 21.7 Å². The largest absolute Gasteiger partial charge is 0.356 e. The molecule has 0 bridgehead atoms. The normalized spacial score (nSPS) is 16.0. The molecule has 0 aliphatic carbocycles. The molecule has 0 spiro atoms. The van der Waals surface area contributed by atoms with E-state index < -0.39 is 0 Å². The van der Waals surface area contributed by atoms with Crippen LogP contribution < -0.4 is 0 Å². The molecular weight excluding hydrogens is 322 g/mol. The average Bonchev–Trinajstić information content (AvgIpc) is 3.09. The molecule has 2 aromatic heterocycles. The quantitative estimate of drug-likeness (QED) is 0.680. The Kier molecular flexibility index (Phi) is 6.28. The zero-order valence-corrected chi connectivity index (χ0v) is 16.2. The van der Waals surface area contributed by atoms with Crippen molar-refractivity contribution in [3.05, 3.63) is 42.4 Å². The fraction of sp³-hybridized carbons (Fsp3) is 0.500. The minimum absolute atomic E-state index is 0.595. The topological polar surface area (TPSA) is 41.0 Å². The number of unbranched alkanes of at least 4 members (excludes halogenated alkanes) is 1. The number of piperidine rings is 1. The third kappa shape index (κ3) is 3.76. The number of para-hydroxylation sites is 1. The van der Waals surface area contributed by atoms with Crippen molar-refractivity contribution in [1.29, 1.82) is 0 Å². The zero-order valence-electron chi connectivity index (χ0n) is 16.2. The summed E-state index contributed by atoms with van der Waals surface area (Å²) in [5.74, 6) is 0.595. The summed E-state index contributed by atoms with van der Waals surface area (Å²) < 4.78 is 2.18. The highest BCUT2D eigenvalue weighted by Crippen LogP contribution is 2.35. The van der Waals surface area contributed by atoms with Gasteiger partial charge in [0.1, 0.15) is 0 Å². The van der Waals surface area contributed by atoms with Crippen molar-refractivity contribution >= 4 is 21.7 Å². The third-order valence-corrected chi connectivity index (χ3v) is 5.47. The van der Waals surface area contributed by atoms with E-state index in [1.54, 1.807) is 0 Å². The first-order valence-electron chi connectivity index (χ1n) is 9.73. The van der Waals surface area contributed by atoms with Crippen molar-refractivity contribution in [3.63, 3.8) is 0 Å². The van der Waals surface area contributed by atoms with Gasteiger partial charge in [-0.2, -0.15) is 0 Å². The van der Waals surface area contributed by atoms with Crippen molar-refractivity contribution in [2.45, 2.75) is 38.5 Å². The maximum Gasteiger partial charge on any atom is 0.0712 e. The third-order valence-electron chi connectivity index (χ3n) is 5.47. The summed E-state index contributed by atoms with van der Waals surface area (Å²) in [7, 11) is 2.87. The standard InChI is InChI=1S/C21H27N3.CH3O/c1-3-4-11-24-12-9-16(10-13-24)21-19-15-23(2)14-18(19)17-7-5-6-8-20(17)22-21;1-2/h5-8,14-16H,3-4,9-13H2,1-2H3;1H3. The summed E-state index contributed by atoms with van der Waals surface area (Å²) in [5, 5.41) is 12.2. The van der Waals surface area contributed by atoms with E-state index in [2.05, 4.69) is 60.1 Å². The number of pyridine rings is 1. The Bertz CT molecular complexity index is 847. The predicted octanol–water partition coefficient (Wildman–Crippen LogP) is 4.75. The molecule has 1 saturated heterocycles. The van der Waals surface area contributed by atoms with Gasteiger partial charge in [-0.15, -0.1) is 0 Å². The molecule has 4 rings (SSSR count). The number of aromatic nitrogens is 2. The smallest absolute Gasteiger partial charge is 0.0712 e. The van der Waals surface area contributed by atoms with Gasteiger partial charge in [0.2, 0.25) is 0 Å². The van der Waals surface area contributed by atoms with Crippen molar-refractivity contribution in [2.75, 3.05) is 26.7 Å². The number of rotatable bonds is 4. The second-order valence-electron chi connectivity index (χ2n) is 7.23. The minimum atomic E-state index is 0.595. The molecule has 4 nitrogen and oxygen atoms in total. The summed E-state index contributed by atoms with van der Waals surface area (Å²) >= 11 is 0. The number of aryl methyl sites for hydroxylation is 1. The Morgan fingerprint density at radius 3 is 2.46 bits per heavy atom. The summed E-state index contributed by atoms with van der Waals surface area (Å²) in [4.78, 5) is 7.72. The zero-order chi connectivity index (χ0) is 18.5. The molecule has 0 N–H and O–H groups in total. The Morgan fingerprint density at radius 2 is 1.73 bits per heavy atom. The Morgan fingerprint density at radius 1 is 1.04 bits per heavy atom. The van der Waals surface area contributed by atoms with E-state index in [-0.39, 0.29) is 0 Å². The maximum absolute atomic E-state index is 8.25. The number of nitrogens with zero attached hydrogens (tertiary/aromatic N) is 3. The van der Waals surface area contributed by atoms with E-state index in [1.807, 2.05) is 0 Å². The summed E-state index contributed by atoms with van der Waals surface area (Å²) in [5.41, 5.74) is 2.46. The molecule has 0 saturated carbocycles. The first-order chi connectivity index (χ1) is 12.8. The van der Waals surface area contributed by atoms with Crippen molar-refractivity contribution in [1.82, 2.24) is 14.5 Å². The highest BCUT2D eigenvalue weighted by molar-refractivity contribution is 6.06. The highest BCUT2D eigenvalue weighted by atomic mass is 16.2. The lowest BCUT2D eigenvalue weighted by Gasteiger charge is -2.32. The van der Waals surface area contributed by atoms with Gasteiger partial charge < -0.3 is 9.47 Å². The van der Waals surface area contributed by atoms with Gasteiger partial charge in [-0.3, -0.25) is 4.98 Å². The van der Waals surface area contributed by atoms with E-state index in [9.17, 15) is 0 Å². The van der Waals surface area contributed by atoms with Crippen LogP contribution in [0.5, 0.6) is 0 Å². The molecule has 0 unspecified atom stereocenters. The summed E-state index contributed by atoms with van der Waals surface area (Å²) in [6.07, 6.45) is 9.59. The van der Waals surface area contributed by atoms with Crippen molar-refractivity contribution in [3.8, 4) is 0 Å². The first kappa shape index (κ1) is 18.9. The van der Waals surface area contributed by atoms with Crippen LogP contribution in [0, 0.1) is 0 Å². The van der Waals surface area contributed by atoms with Gasteiger partial charge in [-0.25, -0.2) is 5.11 Å². The van der Waals surface area contributed by atoms with Crippen molar-refractivity contribution in [2.24, 2.45) is 7.05 Å². The van der Waals surface area contributed by atoms with Gasteiger partial charge in [-0.05, 0) is 45.0 Å². The molecule has 0 amide bonds. The number of likely N-dealkylation sites (tertiary alicyclic amines) is 1. The number of hydrogen-bond donors (Lipinski definition) is 0. The highest BCUT2D eigenvalue weighted by Gasteiger charge is 2.24. The molecule has 1 aromatic carbocycles. The number of fused-ring (bicyclic) bond motifs is 3. The lowest BCUT2D eigenvalue weighted by Crippen LogP contribution is -2.33. The molecule has 3 aromatic rings. The fourth-order valence-electron chi connectivity index (χ4n) is 4.11. The Balaban J connectivity index is 0.000000948. The molecule has 1 radical (unpaired) electrons. The van der Waals surface area contributed by atoms with Crippen LogP contribution in [0.15, 0.2) is 36.7 Å². The molecule has 0 atom stereocenters. The molecule has 4 heteroatoms. The maximum atomic E-state index is 8.25. The van der Waals surface area contributed by atoms with E-state index in [0.29, 0.717) is 5.92 Å². The van der Waals surface area contributed by atoms with Crippen LogP contribution in [-0.4, -0.2) is 41.2 Å². The second-order valence-corrected chi connectivity index (χ2v) is 7.23. The van der Waals surface area contributed by atoms with Crippen LogP contribution in [0.4, 0.5) is 0 Å². The molecule has 1 aliphatic rings. The van der Waals surface area contributed by atoms with Gasteiger partial charge in [-0.1, -0.05) is 31.5 Å². The van der Waals surface area contributed by atoms with Gasteiger partial charge >= 0.3 is 0 Å². The van der Waals surface area contributed by atoms with Crippen LogP contribution in [0.3, 0.4) is 0 Å². The Hall–Kier alpha value is -1.91. The molecule has 3 heterocycles. The number of hydrogen-bond acceptors (Lipinski definition) is 2. The molecular formula is C22H30N3O. The van der Waals surface area contributed by atoms with E-state index >= 15 is 0 Å². The fourth-order valence-corrected chi connectivity index (χ4v) is 4.11. The lowest BCUT2D eigenvalue weighted by atomic mass is 9.90.